The average molecular weight is 234 g/mol. The van der Waals surface area contributed by atoms with Gasteiger partial charge < -0.3 is 10.0 Å². The predicted molar refractivity (Wildman–Crippen MR) is 41.3 cm³/mol. The van der Waals surface area contributed by atoms with Crippen LogP contribution in [0.4, 0.5) is 0 Å². The Morgan fingerprint density at radius 3 is 2.77 bits per heavy atom. The number of halogens is 2. The van der Waals surface area contributed by atoms with Crippen molar-refractivity contribution in [2.45, 2.75) is 0 Å². The summed E-state index contributed by atoms with van der Waals surface area (Å²) in [4.78, 5) is 0. The van der Waals surface area contributed by atoms with Crippen molar-refractivity contribution in [2.24, 2.45) is 5.10 Å². The fourth-order valence-electron chi connectivity index (χ4n) is 0.504. The smallest absolute Gasteiger partial charge is 0.830 e. The molecule has 0 radical (unpaired) electrons. The third kappa shape index (κ3) is 5.09. The van der Waals surface area contributed by atoms with Crippen LogP contribution in [-0.2, 0) is 4.76 Å². The number of nitrogens with one attached hydrogen (secondary N) is 1. The van der Waals surface area contributed by atoms with Crippen LogP contribution in [0.3, 0.4) is 0 Å². The fourth-order valence-corrected chi connectivity index (χ4v) is 0.913. The van der Waals surface area contributed by atoms with E-state index in [1.165, 1.54) is 6.08 Å². The third-order valence-corrected chi connectivity index (χ3v) is 1.20. The summed E-state index contributed by atoms with van der Waals surface area (Å²) >= 11 is 10.9. The molecule has 0 unspecified atom stereocenters. The van der Waals surface area contributed by atoms with Gasteiger partial charge in [-0.3, -0.25) is 4.76 Å². The third-order valence-electron chi connectivity index (χ3n) is 0.825. The molecule has 0 spiro atoms. The first-order valence-electron chi connectivity index (χ1n) is 2.76. The molecule has 0 aliphatic carbocycles. The Balaban J connectivity index is 0.00000144. The summed E-state index contributed by atoms with van der Waals surface area (Å²) in [5, 5.41) is 22.5. The number of nitrogens with zero attached hydrogens (tertiary/aromatic N) is 2. The molecular weight excluding hydrogens is 231 g/mol. The van der Waals surface area contributed by atoms with E-state index in [0.29, 0.717) is 5.28 Å². The Bertz CT molecular complexity index is 238. The zero-order valence-corrected chi connectivity index (χ0v) is 10.1. The van der Waals surface area contributed by atoms with Crippen molar-refractivity contribution in [3.8, 4) is 0 Å². The first-order valence-corrected chi connectivity index (χ1v) is 3.52. The van der Waals surface area contributed by atoms with E-state index in [1.54, 1.807) is 0 Å². The zero-order valence-electron chi connectivity index (χ0n) is 6.57. The first kappa shape index (κ1) is 13.5. The minimum Gasteiger partial charge on any atom is -0.830 e. The van der Waals surface area contributed by atoms with Crippen LogP contribution in [0.25, 0.3) is 0 Å². The molecule has 0 saturated carbocycles. The molecule has 0 fully saturated rings. The molecule has 0 amide bonds. The normalized spacial score (nSPS) is 15.2. The minimum absolute atomic E-state index is 0. The zero-order chi connectivity index (χ0) is 9.14. The van der Waals surface area contributed by atoms with E-state index in [1.807, 2.05) is 0 Å². The molecule has 66 valence electrons. The second-order valence-electron chi connectivity index (χ2n) is 1.71. The van der Waals surface area contributed by atoms with E-state index in [2.05, 4.69) is 15.3 Å². The van der Waals surface area contributed by atoms with E-state index in [0.717, 1.165) is 0 Å². The summed E-state index contributed by atoms with van der Waals surface area (Å²) in [7, 11) is -2.24. The second-order valence-corrected chi connectivity index (χ2v) is 2.51. The maximum atomic E-state index is 10.1. The van der Waals surface area contributed by atoms with Crippen LogP contribution in [0.2, 0.25) is 0 Å². The van der Waals surface area contributed by atoms with E-state index >= 15 is 0 Å². The van der Waals surface area contributed by atoms with E-state index in [9.17, 15) is 5.02 Å². The molecule has 1 aliphatic rings. The van der Waals surface area contributed by atoms with Crippen LogP contribution < -0.4 is 40.0 Å². The molecule has 13 heavy (non-hydrogen) atoms. The van der Waals surface area contributed by atoms with Gasteiger partial charge in [-0.1, -0.05) is 28.5 Å². The molecule has 0 bridgehead atoms. The largest absolute Gasteiger partial charge is 1.00 e. The number of allylic oxidation sites excluding steroid dienone is 1. The predicted octanol–water partition coefficient (Wildman–Crippen LogP) is -4.29. The topological polar surface area (TPSA) is 80.2 Å². The van der Waals surface area contributed by atoms with E-state index in [4.69, 9.17) is 28.2 Å². The van der Waals surface area contributed by atoms with Crippen LogP contribution in [-0.4, -0.2) is 22.8 Å². The summed E-state index contributed by atoms with van der Waals surface area (Å²) in [6.07, 6.45) is 1.31. The Labute approximate surface area is 107 Å². The number of hydrogen-bond acceptors (Lipinski definition) is 6. The molecule has 0 aromatic rings. The van der Waals surface area contributed by atoms with Crippen LogP contribution >= 0.6 is 23.2 Å². The van der Waals surface area contributed by atoms with Crippen LogP contribution in [0.5, 0.6) is 0 Å². The first-order chi connectivity index (χ1) is 5.58. The summed E-state index contributed by atoms with van der Waals surface area (Å²) in [6, 6.07) is 0. The van der Waals surface area contributed by atoms with Gasteiger partial charge in [0, 0.05) is 6.08 Å². The number of hydrazine groups is 1. The van der Waals surface area contributed by atoms with Gasteiger partial charge in [0.25, 0.3) is 0 Å². The average Bonchev–Trinajstić information content (AvgIpc) is 1.81. The second kappa shape index (κ2) is 6.10. The molecule has 6 nitrogen and oxygen atoms in total. The van der Waals surface area contributed by atoms with Gasteiger partial charge in [-0.05, 0) is 0 Å². The summed E-state index contributed by atoms with van der Waals surface area (Å²) in [5.74, 6) is 0. The maximum Gasteiger partial charge on any atom is 1.00 e. The summed E-state index contributed by atoms with van der Waals surface area (Å²) in [5.41, 5.74) is 2.28. The Morgan fingerprint density at radius 2 is 2.31 bits per heavy atom. The van der Waals surface area contributed by atoms with Gasteiger partial charge in [0.15, 0.2) is 5.17 Å². The van der Waals surface area contributed by atoms with Crippen molar-refractivity contribution in [2.75, 3.05) is 0 Å². The van der Waals surface area contributed by atoms with Gasteiger partial charge in [-0.25, -0.2) is 5.43 Å². The molecule has 0 aromatic heterocycles. The quantitative estimate of drug-likeness (QED) is 0.373. The molecule has 1 aliphatic heterocycles. The van der Waals surface area contributed by atoms with Crippen molar-refractivity contribution in [1.82, 2.24) is 10.7 Å². The van der Waals surface area contributed by atoms with Gasteiger partial charge in [-0.15, -0.1) is 5.10 Å². The number of hydrazone groups is 1. The molecule has 0 aromatic carbocycles. The Kier molecular flexibility index (Phi) is 6.35. The van der Waals surface area contributed by atoms with Gasteiger partial charge in [0.1, 0.15) is 5.16 Å². The van der Waals surface area contributed by atoms with Gasteiger partial charge in [0.2, 0.25) is 0 Å². The summed E-state index contributed by atoms with van der Waals surface area (Å²) in [6.45, 7) is 0. The SMILES string of the molecule is [Na+].[O-]B(O)ON1N=C(Cl)C=C(Cl)N1. The van der Waals surface area contributed by atoms with Crippen molar-refractivity contribution in [3.63, 3.8) is 0 Å². The van der Waals surface area contributed by atoms with Crippen LogP contribution in [0.15, 0.2) is 16.3 Å². The van der Waals surface area contributed by atoms with Crippen molar-refractivity contribution in [3.05, 3.63) is 11.2 Å². The molecule has 2 N–H and O–H groups in total. The van der Waals surface area contributed by atoms with Gasteiger partial charge >= 0.3 is 36.9 Å². The van der Waals surface area contributed by atoms with Crippen LogP contribution in [0, 0.1) is 0 Å². The molecular formula is C3H3BCl2N3NaO3. The van der Waals surface area contributed by atoms with Crippen molar-refractivity contribution in [1.29, 1.82) is 0 Å². The van der Waals surface area contributed by atoms with Crippen molar-refractivity contribution < 1.29 is 44.4 Å². The minimum atomic E-state index is -2.24. The molecule has 10 heteroatoms. The Morgan fingerprint density at radius 1 is 1.69 bits per heavy atom. The van der Waals surface area contributed by atoms with Crippen LogP contribution in [0.1, 0.15) is 0 Å². The molecule has 0 atom stereocenters. The molecule has 1 rings (SSSR count). The Hall–Kier alpha value is 0.535. The summed E-state index contributed by atoms with van der Waals surface area (Å²) < 4.78 is 4.16. The molecule has 1 heterocycles. The maximum absolute atomic E-state index is 10.1. The van der Waals surface area contributed by atoms with Crippen molar-refractivity contribution >= 4 is 35.7 Å². The number of hydrogen-bond donors (Lipinski definition) is 2. The van der Waals surface area contributed by atoms with E-state index in [-0.39, 0.29) is 39.9 Å². The van der Waals surface area contributed by atoms with Gasteiger partial charge in [-0.2, -0.15) is 0 Å². The monoisotopic (exact) mass is 233 g/mol. The number of rotatable bonds is 2. The fraction of sp³-hybridized carbons (Fsp3) is 0. The standard InChI is InChI=1S/C3H3BCl2N3O3.Na/c5-2-1-3(6)8-9(7-2)12-4(10)11;/h1,7,10H;/q-1;+1. The molecule has 0 saturated heterocycles. The van der Waals surface area contributed by atoms with E-state index < -0.39 is 7.32 Å². The van der Waals surface area contributed by atoms with Gasteiger partial charge in [0.05, 0.1) is 0 Å².